The second-order valence-electron chi connectivity index (χ2n) is 7.54. The van der Waals surface area contributed by atoms with Gasteiger partial charge in [0.1, 0.15) is 17.3 Å². The number of rotatable bonds is 7. The van der Waals surface area contributed by atoms with E-state index in [1.165, 1.54) is 12.1 Å². The zero-order valence-corrected chi connectivity index (χ0v) is 18.2. The van der Waals surface area contributed by atoms with Crippen molar-refractivity contribution in [3.63, 3.8) is 0 Å². The summed E-state index contributed by atoms with van der Waals surface area (Å²) in [7, 11) is 0. The minimum atomic E-state index is -0.602. The molecule has 0 radical (unpaired) electrons. The molecular weight excluding hydrogens is 412 g/mol. The summed E-state index contributed by atoms with van der Waals surface area (Å²) < 4.78 is 5.04. The van der Waals surface area contributed by atoms with E-state index in [1.807, 2.05) is 11.0 Å². The predicted octanol–water partition coefficient (Wildman–Crippen LogP) is 4.11. The van der Waals surface area contributed by atoms with Gasteiger partial charge in [0.05, 0.1) is 22.8 Å². The Bertz CT molecular complexity index is 1150. The standard InChI is InChI=1S/C23H24N4O5/c1-4-32-23(29)20-14(2)21(25-15(20)3)22(28)17(13-24)11-16-7-8-18(19(12-16)27(30)31)26-9-5-6-10-26/h7-8,11-12,25H,4-6,9-10H2,1-3H3. The molecule has 0 aliphatic carbocycles. The van der Waals surface area contributed by atoms with E-state index in [0.29, 0.717) is 22.5 Å². The number of carbonyl (C=O) groups excluding carboxylic acids is 2. The number of ketones is 1. The monoisotopic (exact) mass is 436 g/mol. The number of nitro groups is 1. The quantitative estimate of drug-likeness (QED) is 0.173. The van der Waals surface area contributed by atoms with Crippen LogP contribution in [0.3, 0.4) is 0 Å². The first-order valence-corrected chi connectivity index (χ1v) is 10.3. The molecule has 0 bridgehead atoms. The highest BCUT2D eigenvalue weighted by Crippen LogP contribution is 2.32. The lowest BCUT2D eigenvalue weighted by molar-refractivity contribution is -0.384. The summed E-state index contributed by atoms with van der Waals surface area (Å²) in [5.74, 6) is -1.15. The van der Waals surface area contributed by atoms with Crippen molar-refractivity contribution in [2.24, 2.45) is 0 Å². The highest BCUT2D eigenvalue weighted by molar-refractivity contribution is 6.15. The molecule has 32 heavy (non-hydrogen) atoms. The number of esters is 1. The maximum Gasteiger partial charge on any atom is 0.340 e. The van der Waals surface area contributed by atoms with Crippen LogP contribution in [-0.2, 0) is 4.74 Å². The Balaban J connectivity index is 1.98. The van der Waals surface area contributed by atoms with Crippen LogP contribution in [0.5, 0.6) is 0 Å². The average Bonchev–Trinajstić information content (AvgIpc) is 3.39. The lowest BCUT2D eigenvalue weighted by Gasteiger charge is -2.17. The van der Waals surface area contributed by atoms with Crippen molar-refractivity contribution < 1.29 is 19.2 Å². The zero-order valence-electron chi connectivity index (χ0n) is 18.2. The molecule has 9 nitrogen and oxygen atoms in total. The topological polar surface area (TPSA) is 129 Å². The number of carbonyl (C=O) groups is 2. The first-order chi connectivity index (χ1) is 15.3. The molecule has 1 aromatic carbocycles. The lowest BCUT2D eigenvalue weighted by Crippen LogP contribution is -2.18. The highest BCUT2D eigenvalue weighted by atomic mass is 16.6. The Hall–Kier alpha value is -3.93. The molecule has 9 heteroatoms. The van der Waals surface area contributed by atoms with Gasteiger partial charge in [-0.3, -0.25) is 14.9 Å². The van der Waals surface area contributed by atoms with Crippen LogP contribution < -0.4 is 4.90 Å². The summed E-state index contributed by atoms with van der Waals surface area (Å²) in [4.78, 5) is 41.2. The van der Waals surface area contributed by atoms with Crippen LogP contribution in [0.25, 0.3) is 6.08 Å². The van der Waals surface area contributed by atoms with Gasteiger partial charge in [0.25, 0.3) is 5.69 Å². The molecule has 3 rings (SSSR count). The molecule has 1 aromatic heterocycles. The van der Waals surface area contributed by atoms with Crippen LogP contribution in [0.15, 0.2) is 23.8 Å². The Labute approximate surface area is 185 Å². The molecule has 166 valence electrons. The van der Waals surface area contributed by atoms with Gasteiger partial charge < -0.3 is 14.6 Å². The van der Waals surface area contributed by atoms with E-state index in [-0.39, 0.29) is 29.1 Å². The number of benzene rings is 1. The number of nitriles is 1. The van der Waals surface area contributed by atoms with Crippen molar-refractivity contribution >= 4 is 29.2 Å². The molecule has 1 N–H and O–H groups in total. The third kappa shape index (κ3) is 4.39. The molecule has 0 saturated carbocycles. The van der Waals surface area contributed by atoms with Gasteiger partial charge in [-0.25, -0.2) is 4.79 Å². The Kier molecular flexibility index (Phi) is 6.73. The maximum absolute atomic E-state index is 13.0. The predicted molar refractivity (Wildman–Crippen MR) is 119 cm³/mol. The molecule has 0 atom stereocenters. The number of Topliss-reactive ketones (excluding diaryl/α,β-unsaturated/α-hetero) is 1. The number of anilines is 1. The summed E-state index contributed by atoms with van der Waals surface area (Å²) in [6.45, 7) is 6.64. The van der Waals surface area contributed by atoms with E-state index < -0.39 is 16.7 Å². The number of H-pyrrole nitrogens is 1. The van der Waals surface area contributed by atoms with Crippen molar-refractivity contribution in [3.8, 4) is 6.07 Å². The van der Waals surface area contributed by atoms with Gasteiger partial charge >= 0.3 is 5.97 Å². The number of hydrogen-bond donors (Lipinski definition) is 1. The van der Waals surface area contributed by atoms with Crippen LogP contribution in [0, 0.1) is 35.3 Å². The second-order valence-corrected chi connectivity index (χ2v) is 7.54. The van der Waals surface area contributed by atoms with Gasteiger partial charge in [-0.15, -0.1) is 0 Å². The number of aryl methyl sites for hydroxylation is 1. The van der Waals surface area contributed by atoms with Gasteiger partial charge in [0.2, 0.25) is 5.78 Å². The van der Waals surface area contributed by atoms with Crippen molar-refractivity contribution in [2.45, 2.75) is 33.6 Å². The minimum Gasteiger partial charge on any atom is -0.462 e. The summed E-state index contributed by atoms with van der Waals surface area (Å²) in [5.41, 5.74) is 1.87. The summed E-state index contributed by atoms with van der Waals surface area (Å²) in [6, 6.07) is 6.55. The fraction of sp³-hybridized carbons (Fsp3) is 0.348. The number of ether oxygens (including phenoxy) is 1. The Morgan fingerprint density at radius 1 is 1.31 bits per heavy atom. The van der Waals surface area contributed by atoms with Crippen molar-refractivity contribution in [1.29, 1.82) is 5.26 Å². The third-order valence-electron chi connectivity index (χ3n) is 5.46. The number of aromatic amines is 1. The van der Waals surface area contributed by atoms with E-state index in [4.69, 9.17) is 4.74 Å². The van der Waals surface area contributed by atoms with Gasteiger partial charge in [-0.2, -0.15) is 5.26 Å². The van der Waals surface area contributed by atoms with Crippen molar-refractivity contribution in [3.05, 3.63) is 62.0 Å². The van der Waals surface area contributed by atoms with Crippen LogP contribution in [0.4, 0.5) is 11.4 Å². The molecule has 1 fully saturated rings. The van der Waals surface area contributed by atoms with Gasteiger partial charge in [-0.1, -0.05) is 6.07 Å². The minimum absolute atomic E-state index is 0.0677. The van der Waals surface area contributed by atoms with Crippen molar-refractivity contribution in [2.75, 3.05) is 24.6 Å². The van der Waals surface area contributed by atoms with E-state index in [0.717, 1.165) is 25.9 Å². The molecule has 2 aromatic rings. The summed E-state index contributed by atoms with van der Waals surface area (Å²) in [6.07, 6.45) is 3.28. The van der Waals surface area contributed by atoms with E-state index in [9.17, 15) is 25.0 Å². The largest absolute Gasteiger partial charge is 0.462 e. The van der Waals surface area contributed by atoms with E-state index in [2.05, 4.69) is 4.98 Å². The number of allylic oxidation sites excluding steroid dienone is 1. The fourth-order valence-corrected chi connectivity index (χ4v) is 3.94. The molecule has 2 heterocycles. The first kappa shape index (κ1) is 22.7. The number of nitrogens with zero attached hydrogens (tertiary/aromatic N) is 3. The van der Waals surface area contributed by atoms with Crippen molar-refractivity contribution in [1.82, 2.24) is 4.98 Å². The average molecular weight is 436 g/mol. The fourth-order valence-electron chi connectivity index (χ4n) is 3.94. The molecule has 1 saturated heterocycles. The Morgan fingerprint density at radius 2 is 2.00 bits per heavy atom. The molecule has 1 aliphatic rings. The maximum atomic E-state index is 13.0. The number of hydrogen-bond acceptors (Lipinski definition) is 7. The number of nitro benzene ring substituents is 1. The van der Waals surface area contributed by atoms with Crippen LogP contribution in [0.1, 0.15) is 57.4 Å². The molecule has 0 unspecified atom stereocenters. The zero-order chi connectivity index (χ0) is 23.4. The lowest BCUT2D eigenvalue weighted by atomic mass is 10.0. The van der Waals surface area contributed by atoms with Crippen LogP contribution in [-0.4, -0.2) is 41.4 Å². The number of nitrogens with one attached hydrogen (secondary N) is 1. The molecule has 0 amide bonds. The van der Waals surface area contributed by atoms with E-state index >= 15 is 0 Å². The SMILES string of the molecule is CCOC(=O)c1c(C)[nH]c(C(=O)C(C#N)=Cc2ccc(N3CCCC3)c([N+](=O)[O-])c2)c1C. The first-order valence-electron chi connectivity index (χ1n) is 10.3. The third-order valence-corrected chi connectivity index (χ3v) is 5.46. The summed E-state index contributed by atoms with van der Waals surface area (Å²) >= 11 is 0. The molecular formula is C23H24N4O5. The molecule has 1 aliphatic heterocycles. The van der Waals surface area contributed by atoms with Gasteiger partial charge in [0.15, 0.2) is 0 Å². The van der Waals surface area contributed by atoms with Gasteiger partial charge in [-0.05, 0) is 56.9 Å². The highest BCUT2D eigenvalue weighted by Gasteiger charge is 2.26. The Morgan fingerprint density at radius 3 is 2.59 bits per heavy atom. The smallest absolute Gasteiger partial charge is 0.340 e. The van der Waals surface area contributed by atoms with Gasteiger partial charge in [0, 0.05) is 24.8 Å². The number of aromatic nitrogens is 1. The summed E-state index contributed by atoms with van der Waals surface area (Å²) in [5, 5.41) is 21.2. The van der Waals surface area contributed by atoms with Crippen LogP contribution in [0.2, 0.25) is 0 Å². The second kappa shape index (κ2) is 9.47. The van der Waals surface area contributed by atoms with E-state index in [1.54, 1.807) is 32.9 Å². The van der Waals surface area contributed by atoms with Crippen LogP contribution >= 0.6 is 0 Å². The molecule has 0 spiro atoms. The normalized spacial score (nSPS) is 13.7.